The molecular formula is C15H20N2O3S. The Morgan fingerprint density at radius 1 is 1.19 bits per heavy atom. The summed E-state index contributed by atoms with van der Waals surface area (Å²) in [6.07, 6.45) is 1.90. The van der Waals surface area contributed by atoms with Gasteiger partial charge in [0.05, 0.1) is 4.90 Å². The zero-order valence-corrected chi connectivity index (χ0v) is 13.5. The Bertz CT molecular complexity index is 710. The fourth-order valence-corrected chi connectivity index (χ4v) is 3.00. The van der Waals surface area contributed by atoms with E-state index < -0.39 is 10.0 Å². The van der Waals surface area contributed by atoms with E-state index in [-0.39, 0.29) is 10.3 Å². The molecule has 2 rings (SSSR count). The van der Waals surface area contributed by atoms with Crippen molar-refractivity contribution in [2.24, 2.45) is 0 Å². The molecule has 0 aliphatic rings. The standard InChI is InChI=1S/C15H20N2O3S/c1-5-13-14(10-20-16-13)17-21(18,19)12-8-6-11(7-9-12)15(2,3)4/h6-10,17H,5H2,1-4H3. The van der Waals surface area contributed by atoms with Gasteiger partial charge < -0.3 is 4.52 Å². The molecule has 6 heteroatoms. The van der Waals surface area contributed by atoms with Crippen molar-refractivity contribution in [2.45, 2.75) is 44.4 Å². The van der Waals surface area contributed by atoms with Crippen molar-refractivity contribution in [1.29, 1.82) is 0 Å². The van der Waals surface area contributed by atoms with Gasteiger partial charge in [0.25, 0.3) is 10.0 Å². The van der Waals surface area contributed by atoms with Gasteiger partial charge >= 0.3 is 0 Å². The van der Waals surface area contributed by atoms with E-state index in [0.717, 1.165) is 5.56 Å². The minimum absolute atomic E-state index is 0.0143. The fourth-order valence-electron chi connectivity index (χ4n) is 1.94. The number of anilines is 1. The third-order valence-corrected chi connectivity index (χ3v) is 4.64. The molecular weight excluding hydrogens is 288 g/mol. The maximum Gasteiger partial charge on any atom is 0.262 e. The summed E-state index contributed by atoms with van der Waals surface area (Å²) >= 11 is 0. The number of hydrogen-bond acceptors (Lipinski definition) is 4. The minimum atomic E-state index is -3.63. The predicted molar refractivity (Wildman–Crippen MR) is 81.8 cm³/mol. The van der Waals surface area contributed by atoms with Crippen LogP contribution in [0.25, 0.3) is 0 Å². The summed E-state index contributed by atoms with van der Waals surface area (Å²) in [4.78, 5) is 0.221. The molecule has 21 heavy (non-hydrogen) atoms. The molecule has 1 N–H and O–H groups in total. The molecule has 2 aromatic rings. The number of benzene rings is 1. The van der Waals surface area contributed by atoms with Gasteiger partial charge in [0, 0.05) is 0 Å². The molecule has 0 unspecified atom stereocenters. The highest BCUT2D eigenvalue weighted by Gasteiger charge is 2.19. The second-order valence-corrected chi connectivity index (χ2v) is 7.59. The van der Waals surface area contributed by atoms with Crippen LogP contribution in [0.3, 0.4) is 0 Å². The summed E-state index contributed by atoms with van der Waals surface area (Å²) in [6, 6.07) is 6.90. The van der Waals surface area contributed by atoms with Crippen molar-refractivity contribution in [2.75, 3.05) is 4.72 Å². The van der Waals surface area contributed by atoms with Crippen LogP contribution in [0.2, 0.25) is 0 Å². The topological polar surface area (TPSA) is 72.2 Å². The highest BCUT2D eigenvalue weighted by atomic mass is 32.2. The van der Waals surface area contributed by atoms with Crippen LogP contribution >= 0.6 is 0 Å². The third-order valence-electron chi connectivity index (χ3n) is 3.25. The largest absolute Gasteiger partial charge is 0.362 e. The number of sulfonamides is 1. The van der Waals surface area contributed by atoms with Gasteiger partial charge in [0.1, 0.15) is 17.6 Å². The van der Waals surface area contributed by atoms with Crippen LogP contribution in [0.4, 0.5) is 5.69 Å². The molecule has 0 amide bonds. The number of aryl methyl sites for hydroxylation is 1. The lowest BCUT2D eigenvalue weighted by Crippen LogP contribution is -2.15. The zero-order valence-electron chi connectivity index (χ0n) is 12.7. The first-order valence-corrected chi connectivity index (χ1v) is 8.29. The van der Waals surface area contributed by atoms with E-state index in [1.807, 2.05) is 19.1 Å². The minimum Gasteiger partial charge on any atom is -0.362 e. The van der Waals surface area contributed by atoms with Gasteiger partial charge in [-0.2, -0.15) is 0 Å². The Labute approximate surface area is 125 Å². The molecule has 1 heterocycles. The number of rotatable bonds is 4. The molecule has 0 radical (unpaired) electrons. The first-order chi connectivity index (χ1) is 9.74. The van der Waals surface area contributed by atoms with Gasteiger partial charge in [-0.3, -0.25) is 4.72 Å². The van der Waals surface area contributed by atoms with Crippen molar-refractivity contribution in [1.82, 2.24) is 5.16 Å². The molecule has 1 aromatic carbocycles. The van der Waals surface area contributed by atoms with Crippen LogP contribution in [-0.4, -0.2) is 13.6 Å². The normalized spacial score (nSPS) is 12.4. The van der Waals surface area contributed by atoms with Crippen LogP contribution in [0, 0.1) is 0 Å². The van der Waals surface area contributed by atoms with Crippen LogP contribution in [0.15, 0.2) is 39.9 Å². The van der Waals surface area contributed by atoms with Gasteiger partial charge in [-0.15, -0.1) is 0 Å². The Hall–Kier alpha value is -1.82. The van der Waals surface area contributed by atoms with Gasteiger partial charge in [-0.05, 0) is 29.5 Å². The zero-order chi connectivity index (χ0) is 15.7. The number of nitrogens with zero attached hydrogens (tertiary/aromatic N) is 1. The number of aromatic nitrogens is 1. The lowest BCUT2D eigenvalue weighted by Gasteiger charge is -2.19. The summed E-state index contributed by atoms with van der Waals surface area (Å²) in [7, 11) is -3.63. The highest BCUT2D eigenvalue weighted by Crippen LogP contribution is 2.25. The average Bonchev–Trinajstić information content (AvgIpc) is 2.84. The molecule has 0 bridgehead atoms. The van der Waals surface area contributed by atoms with Crippen LogP contribution in [0.1, 0.15) is 39.0 Å². The molecule has 0 fully saturated rings. The molecule has 114 valence electrons. The van der Waals surface area contributed by atoms with E-state index >= 15 is 0 Å². The summed E-state index contributed by atoms with van der Waals surface area (Å²) in [5, 5.41) is 3.76. The van der Waals surface area contributed by atoms with Gasteiger partial charge in [-0.25, -0.2) is 8.42 Å². The predicted octanol–water partition coefficient (Wildman–Crippen LogP) is 3.34. The Morgan fingerprint density at radius 3 is 2.33 bits per heavy atom. The average molecular weight is 308 g/mol. The van der Waals surface area contributed by atoms with Crippen molar-refractivity contribution >= 4 is 15.7 Å². The summed E-state index contributed by atoms with van der Waals surface area (Å²) in [6.45, 7) is 8.13. The fraction of sp³-hybridized carbons (Fsp3) is 0.400. The van der Waals surface area contributed by atoms with Crippen molar-refractivity contribution in [3.63, 3.8) is 0 Å². The smallest absolute Gasteiger partial charge is 0.262 e. The van der Waals surface area contributed by atoms with Crippen LogP contribution < -0.4 is 4.72 Å². The van der Waals surface area contributed by atoms with Gasteiger partial charge in [-0.1, -0.05) is 45.0 Å². The summed E-state index contributed by atoms with van der Waals surface area (Å²) in [5.74, 6) is 0. The molecule has 0 saturated heterocycles. The molecule has 0 atom stereocenters. The first-order valence-electron chi connectivity index (χ1n) is 6.80. The second-order valence-electron chi connectivity index (χ2n) is 5.91. The Kier molecular flexibility index (Phi) is 4.09. The van der Waals surface area contributed by atoms with E-state index in [1.165, 1.54) is 6.26 Å². The quantitative estimate of drug-likeness (QED) is 0.940. The van der Waals surface area contributed by atoms with Crippen LogP contribution in [-0.2, 0) is 21.9 Å². The lowest BCUT2D eigenvalue weighted by atomic mass is 9.87. The number of nitrogens with one attached hydrogen (secondary N) is 1. The SMILES string of the molecule is CCc1nocc1NS(=O)(=O)c1ccc(C(C)(C)C)cc1. The summed E-state index contributed by atoms with van der Waals surface area (Å²) in [5.41, 5.74) is 2.04. The molecule has 0 saturated carbocycles. The van der Waals surface area contributed by atoms with E-state index in [4.69, 9.17) is 4.52 Å². The number of hydrogen-bond donors (Lipinski definition) is 1. The maximum atomic E-state index is 12.3. The van der Waals surface area contributed by atoms with Gasteiger partial charge in [0.2, 0.25) is 0 Å². The monoisotopic (exact) mass is 308 g/mol. The van der Waals surface area contributed by atoms with Crippen molar-refractivity contribution < 1.29 is 12.9 Å². The molecule has 1 aromatic heterocycles. The first kappa shape index (κ1) is 15.6. The van der Waals surface area contributed by atoms with Crippen molar-refractivity contribution in [3.05, 3.63) is 41.8 Å². The molecule has 5 nitrogen and oxygen atoms in total. The van der Waals surface area contributed by atoms with E-state index in [9.17, 15) is 8.42 Å². The van der Waals surface area contributed by atoms with E-state index in [2.05, 4.69) is 30.6 Å². The van der Waals surface area contributed by atoms with Crippen LogP contribution in [0.5, 0.6) is 0 Å². The van der Waals surface area contributed by atoms with E-state index in [1.54, 1.807) is 12.1 Å². The Morgan fingerprint density at radius 2 is 1.81 bits per heavy atom. The Balaban J connectivity index is 2.28. The van der Waals surface area contributed by atoms with Gasteiger partial charge in [0.15, 0.2) is 0 Å². The third kappa shape index (κ3) is 3.44. The van der Waals surface area contributed by atoms with E-state index in [0.29, 0.717) is 17.8 Å². The molecule has 0 aliphatic carbocycles. The second kappa shape index (κ2) is 5.52. The maximum absolute atomic E-state index is 12.3. The molecule has 0 spiro atoms. The lowest BCUT2D eigenvalue weighted by molar-refractivity contribution is 0.412. The summed E-state index contributed by atoms with van der Waals surface area (Å²) < 4.78 is 32.0. The highest BCUT2D eigenvalue weighted by molar-refractivity contribution is 7.92. The molecule has 0 aliphatic heterocycles. The van der Waals surface area contributed by atoms with Crippen molar-refractivity contribution in [3.8, 4) is 0 Å².